The van der Waals surface area contributed by atoms with E-state index in [1.54, 1.807) is 30.5 Å². The van der Waals surface area contributed by atoms with Crippen LogP contribution in [0.4, 0.5) is 0 Å². The van der Waals surface area contributed by atoms with Gasteiger partial charge in [0.25, 0.3) is 0 Å². The highest BCUT2D eigenvalue weighted by atomic mass is 35.5. The predicted octanol–water partition coefficient (Wildman–Crippen LogP) is 4.33. The van der Waals surface area contributed by atoms with E-state index in [0.29, 0.717) is 29.5 Å². The maximum atomic E-state index is 12.5. The number of nitrogens with one attached hydrogen (secondary N) is 1. The maximum Gasteiger partial charge on any atom is 0.240 e. The van der Waals surface area contributed by atoms with E-state index in [4.69, 9.17) is 16.3 Å². The molecule has 0 radical (unpaired) electrons. The van der Waals surface area contributed by atoms with Gasteiger partial charge in [-0.3, -0.25) is 9.59 Å². The van der Waals surface area contributed by atoms with Crippen molar-refractivity contribution in [1.82, 2.24) is 9.88 Å². The van der Waals surface area contributed by atoms with Gasteiger partial charge in [0.15, 0.2) is 5.78 Å². The maximum absolute atomic E-state index is 12.5. The number of fused-ring (bicyclic) bond motifs is 1. The summed E-state index contributed by atoms with van der Waals surface area (Å²) in [5.41, 5.74) is 1.53. The smallest absolute Gasteiger partial charge is 0.240 e. The first-order valence-electron chi connectivity index (χ1n) is 9.23. The standard InChI is InChI=1S/C22H23ClN2O3/c1-15(2)22(27)19-13-25(20-6-4-3-5-18(19)20)14-21(26)24-11-12-28-17-9-7-16(23)8-10-17/h3-10,13,15H,11-12,14H2,1-2H3,(H,24,26). The summed E-state index contributed by atoms with van der Waals surface area (Å²) in [6.07, 6.45) is 1.77. The topological polar surface area (TPSA) is 60.3 Å². The van der Waals surface area contributed by atoms with Gasteiger partial charge in [0.2, 0.25) is 5.91 Å². The fraction of sp³-hybridized carbons (Fsp3) is 0.273. The highest BCUT2D eigenvalue weighted by molar-refractivity contribution is 6.30. The van der Waals surface area contributed by atoms with Crippen LogP contribution in [0.2, 0.25) is 5.02 Å². The van der Waals surface area contributed by atoms with Crippen LogP contribution in [-0.2, 0) is 11.3 Å². The Labute approximate surface area is 169 Å². The zero-order valence-corrected chi connectivity index (χ0v) is 16.7. The van der Waals surface area contributed by atoms with Crippen molar-refractivity contribution in [2.24, 2.45) is 5.92 Å². The highest BCUT2D eigenvalue weighted by Gasteiger charge is 2.18. The second-order valence-electron chi connectivity index (χ2n) is 6.86. The quantitative estimate of drug-likeness (QED) is 0.454. The van der Waals surface area contributed by atoms with E-state index >= 15 is 0 Å². The number of nitrogens with zero attached hydrogens (tertiary/aromatic N) is 1. The predicted molar refractivity (Wildman–Crippen MR) is 111 cm³/mol. The van der Waals surface area contributed by atoms with E-state index in [1.807, 2.05) is 42.7 Å². The molecule has 3 rings (SSSR count). The number of carbonyl (C=O) groups is 2. The van der Waals surface area contributed by atoms with E-state index in [2.05, 4.69) is 5.32 Å². The molecule has 6 heteroatoms. The number of aromatic nitrogens is 1. The molecule has 0 unspecified atom stereocenters. The van der Waals surface area contributed by atoms with Gasteiger partial charge in [-0.15, -0.1) is 0 Å². The Bertz CT molecular complexity index is 977. The number of carbonyl (C=O) groups excluding carboxylic acids is 2. The van der Waals surface area contributed by atoms with Crippen molar-refractivity contribution in [2.75, 3.05) is 13.2 Å². The Morgan fingerprint density at radius 2 is 1.82 bits per heavy atom. The van der Waals surface area contributed by atoms with Crippen molar-refractivity contribution in [3.63, 3.8) is 0 Å². The SMILES string of the molecule is CC(C)C(=O)c1cn(CC(=O)NCCOc2ccc(Cl)cc2)c2ccccc12. The molecular formula is C22H23ClN2O3. The molecular weight excluding hydrogens is 376 g/mol. The molecule has 2 aromatic carbocycles. The fourth-order valence-electron chi connectivity index (χ4n) is 2.99. The first kappa shape index (κ1) is 20.0. The number of hydrogen-bond acceptors (Lipinski definition) is 3. The number of hydrogen-bond donors (Lipinski definition) is 1. The third-order valence-corrected chi connectivity index (χ3v) is 4.65. The van der Waals surface area contributed by atoms with Crippen molar-refractivity contribution >= 4 is 34.2 Å². The average Bonchev–Trinajstić information content (AvgIpc) is 3.04. The molecule has 0 spiro atoms. The first-order valence-corrected chi connectivity index (χ1v) is 9.60. The zero-order valence-electron chi connectivity index (χ0n) is 15.9. The zero-order chi connectivity index (χ0) is 20.1. The van der Waals surface area contributed by atoms with Crippen LogP contribution in [-0.4, -0.2) is 29.4 Å². The number of Topliss-reactive ketones (excluding diaryl/α,β-unsaturated/α-hetero) is 1. The molecule has 0 aliphatic rings. The summed E-state index contributed by atoms with van der Waals surface area (Å²) in [6, 6.07) is 14.7. The first-order chi connectivity index (χ1) is 13.5. The van der Waals surface area contributed by atoms with Gasteiger partial charge in [0, 0.05) is 33.6 Å². The molecule has 3 aromatic rings. The second-order valence-corrected chi connectivity index (χ2v) is 7.30. The minimum absolute atomic E-state index is 0.0757. The molecule has 1 heterocycles. The number of halogens is 1. The molecule has 1 amide bonds. The lowest BCUT2D eigenvalue weighted by atomic mass is 10.0. The van der Waals surface area contributed by atoms with Crippen molar-refractivity contribution in [3.8, 4) is 5.75 Å². The Morgan fingerprint density at radius 3 is 2.54 bits per heavy atom. The highest BCUT2D eigenvalue weighted by Crippen LogP contribution is 2.23. The molecule has 0 aliphatic heterocycles. The van der Waals surface area contributed by atoms with E-state index in [0.717, 1.165) is 10.9 Å². The number of ketones is 1. The summed E-state index contributed by atoms with van der Waals surface area (Å²) < 4.78 is 7.39. The number of para-hydroxylation sites is 1. The van der Waals surface area contributed by atoms with E-state index < -0.39 is 0 Å². The van der Waals surface area contributed by atoms with Crippen LogP contribution in [0, 0.1) is 5.92 Å². The van der Waals surface area contributed by atoms with Crippen LogP contribution < -0.4 is 10.1 Å². The van der Waals surface area contributed by atoms with Gasteiger partial charge in [-0.25, -0.2) is 0 Å². The van der Waals surface area contributed by atoms with Crippen LogP contribution in [0.15, 0.2) is 54.7 Å². The summed E-state index contributed by atoms with van der Waals surface area (Å²) in [7, 11) is 0. The summed E-state index contributed by atoms with van der Waals surface area (Å²) in [5.74, 6) is 0.542. The third-order valence-electron chi connectivity index (χ3n) is 4.40. The van der Waals surface area contributed by atoms with Crippen molar-refractivity contribution in [1.29, 1.82) is 0 Å². The Balaban J connectivity index is 1.60. The van der Waals surface area contributed by atoms with Gasteiger partial charge < -0.3 is 14.6 Å². The second kappa shape index (κ2) is 8.93. The molecule has 146 valence electrons. The Kier molecular flexibility index (Phi) is 6.37. The summed E-state index contributed by atoms with van der Waals surface area (Å²) in [4.78, 5) is 24.8. The average molecular weight is 399 g/mol. The molecule has 5 nitrogen and oxygen atoms in total. The Morgan fingerprint density at radius 1 is 1.11 bits per heavy atom. The van der Waals surface area contributed by atoms with Gasteiger partial charge >= 0.3 is 0 Å². The molecule has 0 bridgehead atoms. The summed E-state index contributed by atoms with van der Waals surface area (Å²) in [5, 5.41) is 4.37. The molecule has 1 aromatic heterocycles. The minimum atomic E-state index is -0.135. The molecule has 1 N–H and O–H groups in total. The summed E-state index contributed by atoms with van der Waals surface area (Å²) in [6.45, 7) is 4.64. The lowest BCUT2D eigenvalue weighted by Crippen LogP contribution is -2.31. The van der Waals surface area contributed by atoms with Gasteiger partial charge in [-0.2, -0.15) is 0 Å². The van der Waals surface area contributed by atoms with Gasteiger partial charge in [-0.05, 0) is 30.3 Å². The third kappa shape index (κ3) is 4.73. The normalized spacial score (nSPS) is 11.0. The van der Waals surface area contributed by atoms with Crippen LogP contribution in [0.3, 0.4) is 0 Å². The van der Waals surface area contributed by atoms with E-state index in [1.165, 1.54) is 0 Å². The molecule has 0 atom stereocenters. The fourth-order valence-corrected chi connectivity index (χ4v) is 3.11. The lowest BCUT2D eigenvalue weighted by molar-refractivity contribution is -0.121. The van der Waals surface area contributed by atoms with Gasteiger partial charge in [0.1, 0.15) is 18.9 Å². The molecule has 0 saturated carbocycles. The number of ether oxygens (including phenoxy) is 1. The molecule has 0 saturated heterocycles. The lowest BCUT2D eigenvalue weighted by Gasteiger charge is -2.09. The summed E-state index contributed by atoms with van der Waals surface area (Å²) >= 11 is 5.84. The van der Waals surface area contributed by atoms with Crippen molar-refractivity contribution in [2.45, 2.75) is 20.4 Å². The monoisotopic (exact) mass is 398 g/mol. The van der Waals surface area contributed by atoms with Crippen LogP contribution in [0.5, 0.6) is 5.75 Å². The van der Waals surface area contributed by atoms with E-state index in [9.17, 15) is 9.59 Å². The van der Waals surface area contributed by atoms with Gasteiger partial charge in [-0.1, -0.05) is 43.6 Å². The molecule has 28 heavy (non-hydrogen) atoms. The number of benzene rings is 2. The largest absolute Gasteiger partial charge is 0.492 e. The van der Waals surface area contributed by atoms with Gasteiger partial charge in [0.05, 0.1) is 6.54 Å². The van der Waals surface area contributed by atoms with Crippen LogP contribution in [0.25, 0.3) is 10.9 Å². The van der Waals surface area contributed by atoms with Crippen molar-refractivity contribution < 1.29 is 14.3 Å². The number of amides is 1. The van der Waals surface area contributed by atoms with Crippen LogP contribution >= 0.6 is 11.6 Å². The molecule has 0 aliphatic carbocycles. The van der Waals surface area contributed by atoms with Crippen LogP contribution in [0.1, 0.15) is 24.2 Å². The van der Waals surface area contributed by atoms with Crippen molar-refractivity contribution in [3.05, 3.63) is 65.3 Å². The number of rotatable bonds is 8. The van der Waals surface area contributed by atoms with E-state index in [-0.39, 0.29) is 24.2 Å². The molecule has 0 fully saturated rings. The Hall–Kier alpha value is -2.79. The minimum Gasteiger partial charge on any atom is -0.492 e.